The summed E-state index contributed by atoms with van der Waals surface area (Å²) in [5.41, 5.74) is 1.70. The second-order valence-corrected chi connectivity index (χ2v) is 9.31. The summed E-state index contributed by atoms with van der Waals surface area (Å²) < 4.78 is 8.46. The van der Waals surface area contributed by atoms with Crippen molar-refractivity contribution in [3.63, 3.8) is 0 Å². The zero-order valence-corrected chi connectivity index (χ0v) is 18.2. The standard InChI is InChI=1S/C25H26N2O2S/c1-3-16-8-10-18(11-9-16)24-26-20-14-22(29-2)21(15-23(20)30-24)27-13-12-17-6-4-5-7-19(17)25(27)28/h4-7,12-16,18H,3,8-11H2,1-2H3/t16-,18-. The molecule has 1 aliphatic carbocycles. The molecule has 5 rings (SSSR count). The van der Waals surface area contributed by atoms with Crippen molar-refractivity contribution in [2.75, 3.05) is 7.11 Å². The third-order valence-electron chi connectivity index (χ3n) is 6.55. The maximum Gasteiger partial charge on any atom is 0.263 e. The van der Waals surface area contributed by atoms with Gasteiger partial charge in [-0.3, -0.25) is 9.36 Å². The van der Waals surface area contributed by atoms with E-state index in [1.807, 2.05) is 42.6 Å². The lowest BCUT2D eigenvalue weighted by molar-refractivity contribution is 0.318. The molecule has 30 heavy (non-hydrogen) atoms. The Labute approximate surface area is 180 Å². The summed E-state index contributed by atoms with van der Waals surface area (Å²) in [4.78, 5) is 18.1. The number of hydrogen-bond acceptors (Lipinski definition) is 4. The molecular weight excluding hydrogens is 392 g/mol. The van der Waals surface area contributed by atoms with Gasteiger partial charge in [-0.1, -0.05) is 31.5 Å². The molecule has 0 N–H and O–H groups in total. The summed E-state index contributed by atoms with van der Waals surface area (Å²) in [6, 6.07) is 13.7. The van der Waals surface area contributed by atoms with Crippen LogP contribution in [0.25, 0.3) is 26.7 Å². The van der Waals surface area contributed by atoms with E-state index in [0.717, 1.165) is 27.2 Å². The number of benzene rings is 2. The van der Waals surface area contributed by atoms with Crippen molar-refractivity contribution in [3.8, 4) is 11.4 Å². The van der Waals surface area contributed by atoms with Gasteiger partial charge in [0.1, 0.15) is 5.75 Å². The van der Waals surface area contributed by atoms with Crippen molar-refractivity contribution in [3.05, 3.63) is 64.0 Å². The monoisotopic (exact) mass is 418 g/mol. The maximum absolute atomic E-state index is 13.1. The van der Waals surface area contributed by atoms with E-state index in [0.29, 0.717) is 17.1 Å². The summed E-state index contributed by atoms with van der Waals surface area (Å²) in [6.07, 6.45) is 8.19. The van der Waals surface area contributed by atoms with E-state index in [2.05, 4.69) is 13.0 Å². The fourth-order valence-electron chi connectivity index (χ4n) is 4.68. The Morgan fingerprint density at radius 3 is 2.70 bits per heavy atom. The van der Waals surface area contributed by atoms with Crippen LogP contribution in [0.2, 0.25) is 0 Å². The lowest BCUT2D eigenvalue weighted by Gasteiger charge is -2.26. The number of hydrogen-bond donors (Lipinski definition) is 0. The van der Waals surface area contributed by atoms with Crippen molar-refractivity contribution < 1.29 is 4.74 Å². The van der Waals surface area contributed by atoms with Crippen molar-refractivity contribution in [1.29, 1.82) is 0 Å². The normalized spacial score (nSPS) is 19.4. The minimum absolute atomic E-state index is 0.0339. The predicted octanol–water partition coefficient (Wildman–Crippen LogP) is 6.29. The Kier molecular flexibility index (Phi) is 5.07. The van der Waals surface area contributed by atoms with Crippen LogP contribution in [-0.2, 0) is 0 Å². The lowest BCUT2D eigenvalue weighted by Crippen LogP contribution is -2.18. The van der Waals surface area contributed by atoms with Gasteiger partial charge in [-0.25, -0.2) is 4.98 Å². The van der Waals surface area contributed by atoms with Gasteiger partial charge in [-0.15, -0.1) is 11.3 Å². The Morgan fingerprint density at radius 1 is 1.13 bits per heavy atom. The molecule has 0 aliphatic heterocycles. The number of fused-ring (bicyclic) bond motifs is 2. The fourth-order valence-corrected chi connectivity index (χ4v) is 5.84. The topological polar surface area (TPSA) is 44.1 Å². The van der Waals surface area contributed by atoms with Gasteiger partial charge in [-0.2, -0.15) is 0 Å². The Morgan fingerprint density at radius 2 is 1.93 bits per heavy atom. The van der Waals surface area contributed by atoms with E-state index in [9.17, 15) is 4.79 Å². The molecule has 1 saturated carbocycles. The molecule has 1 fully saturated rings. The average Bonchev–Trinajstić information content (AvgIpc) is 3.22. The number of ether oxygens (including phenoxy) is 1. The highest BCUT2D eigenvalue weighted by molar-refractivity contribution is 7.18. The molecule has 2 aromatic carbocycles. The van der Waals surface area contributed by atoms with E-state index < -0.39 is 0 Å². The Balaban J connectivity index is 1.58. The second kappa shape index (κ2) is 7.88. The minimum atomic E-state index is -0.0339. The van der Waals surface area contributed by atoms with Gasteiger partial charge in [-0.05, 0) is 55.2 Å². The molecule has 4 nitrogen and oxygen atoms in total. The molecule has 2 heterocycles. The van der Waals surface area contributed by atoms with Gasteiger partial charge in [0, 0.05) is 23.6 Å². The van der Waals surface area contributed by atoms with Crippen molar-refractivity contribution in [1.82, 2.24) is 9.55 Å². The van der Waals surface area contributed by atoms with Crippen molar-refractivity contribution in [2.24, 2.45) is 5.92 Å². The van der Waals surface area contributed by atoms with Crippen molar-refractivity contribution in [2.45, 2.75) is 44.9 Å². The molecule has 4 aromatic rings. The zero-order chi connectivity index (χ0) is 20.7. The summed E-state index contributed by atoms with van der Waals surface area (Å²) in [6.45, 7) is 2.30. The summed E-state index contributed by atoms with van der Waals surface area (Å²) in [5.74, 6) is 2.11. The number of aromatic nitrogens is 2. The highest BCUT2D eigenvalue weighted by Gasteiger charge is 2.24. The second-order valence-electron chi connectivity index (χ2n) is 8.25. The van der Waals surface area contributed by atoms with Crippen molar-refractivity contribution >= 4 is 32.3 Å². The van der Waals surface area contributed by atoms with Crippen LogP contribution < -0.4 is 10.3 Å². The van der Waals surface area contributed by atoms with E-state index in [4.69, 9.17) is 9.72 Å². The molecule has 1 aliphatic rings. The third-order valence-corrected chi connectivity index (χ3v) is 7.73. The molecule has 0 spiro atoms. The molecule has 0 saturated heterocycles. The zero-order valence-electron chi connectivity index (χ0n) is 17.4. The fraction of sp³-hybridized carbons (Fsp3) is 0.360. The molecule has 154 valence electrons. The molecule has 2 aromatic heterocycles. The van der Waals surface area contributed by atoms with E-state index >= 15 is 0 Å². The first-order valence-electron chi connectivity index (χ1n) is 10.8. The highest BCUT2D eigenvalue weighted by atomic mass is 32.1. The first kappa shape index (κ1) is 19.3. The number of thiazole rings is 1. The van der Waals surface area contributed by atoms with E-state index in [1.165, 1.54) is 37.1 Å². The van der Waals surface area contributed by atoms with Gasteiger partial charge in [0.25, 0.3) is 5.56 Å². The van der Waals surface area contributed by atoms with Crippen LogP contribution in [-0.4, -0.2) is 16.7 Å². The smallest absolute Gasteiger partial charge is 0.263 e. The van der Waals surface area contributed by atoms with Crippen LogP contribution in [0.5, 0.6) is 5.75 Å². The number of pyridine rings is 1. The van der Waals surface area contributed by atoms with E-state index in [1.54, 1.807) is 23.0 Å². The number of methoxy groups -OCH3 is 1. The van der Waals surface area contributed by atoms with Crippen LogP contribution in [0.1, 0.15) is 50.0 Å². The molecule has 0 bridgehead atoms. The molecule has 0 radical (unpaired) electrons. The van der Waals surface area contributed by atoms with Gasteiger partial charge in [0.05, 0.1) is 28.0 Å². The maximum atomic E-state index is 13.1. The van der Waals surface area contributed by atoms with Crippen LogP contribution in [0.15, 0.2) is 53.5 Å². The molecule has 5 heteroatoms. The van der Waals surface area contributed by atoms with E-state index in [-0.39, 0.29) is 5.56 Å². The summed E-state index contributed by atoms with van der Waals surface area (Å²) in [5, 5.41) is 2.88. The van der Waals surface area contributed by atoms with Crippen LogP contribution in [0.3, 0.4) is 0 Å². The van der Waals surface area contributed by atoms with Gasteiger partial charge < -0.3 is 4.74 Å². The first-order chi connectivity index (χ1) is 14.7. The lowest BCUT2D eigenvalue weighted by atomic mass is 9.81. The van der Waals surface area contributed by atoms with Crippen LogP contribution in [0, 0.1) is 5.92 Å². The molecule has 0 unspecified atom stereocenters. The van der Waals surface area contributed by atoms with Gasteiger partial charge in [0.2, 0.25) is 0 Å². The molecule has 0 amide bonds. The third kappa shape index (κ3) is 3.31. The van der Waals surface area contributed by atoms with Gasteiger partial charge >= 0.3 is 0 Å². The van der Waals surface area contributed by atoms with Gasteiger partial charge in [0.15, 0.2) is 0 Å². The molecular formula is C25H26N2O2S. The summed E-state index contributed by atoms with van der Waals surface area (Å²) in [7, 11) is 1.65. The Hall–Kier alpha value is -2.66. The molecule has 0 atom stereocenters. The largest absolute Gasteiger partial charge is 0.494 e. The average molecular weight is 419 g/mol. The Bertz CT molecular complexity index is 1270. The predicted molar refractivity (Wildman–Crippen MR) is 124 cm³/mol. The van der Waals surface area contributed by atoms with Crippen LogP contribution in [0.4, 0.5) is 0 Å². The number of rotatable bonds is 4. The highest BCUT2D eigenvalue weighted by Crippen LogP contribution is 2.41. The minimum Gasteiger partial charge on any atom is -0.494 e. The first-order valence-corrected chi connectivity index (χ1v) is 11.6. The number of nitrogens with zero attached hydrogens (tertiary/aromatic N) is 2. The quantitative estimate of drug-likeness (QED) is 0.391. The SMILES string of the molecule is CC[C@H]1CC[C@H](c2nc3cc(OC)c(-n4ccc5ccccc5c4=O)cc3s2)CC1. The summed E-state index contributed by atoms with van der Waals surface area (Å²) >= 11 is 1.77. The van der Waals surface area contributed by atoms with Crippen LogP contribution >= 0.6 is 11.3 Å².